The van der Waals surface area contributed by atoms with Crippen molar-refractivity contribution >= 4 is 11.6 Å². The molecular weight excluding hydrogens is 246 g/mol. The first-order valence-electron chi connectivity index (χ1n) is 6.69. The van der Waals surface area contributed by atoms with Gasteiger partial charge in [0.25, 0.3) is 0 Å². The van der Waals surface area contributed by atoms with Gasteiger partial charge in [-0.15, -0.1) is 0 Å². The fourth-order valence-corrected chi connectivity index (χ4v) is 2.10. The van der Waals surface area contributed by atoms with E-state index >= 15 is 0 Å². The Bertz CT molecular complexity index is 368. The van der Waals surface area contributed by atoms with E-state index in [9.17, 15) is 0 Å². The summed E-state index contributed by atoms with van der Waals surface area (Å²) >= 11 is 5.98. The summed E-state index contributed by atoms with van der Waals surface area (Å²) < 4.78 is 5.95. The summed E-state index contributed by atoms with van der Waals surface area (Å²) in [6, 6.07) is 6.24. The zero-order valence-corrected chi connectivity index (χ0v) is 12.6. The van der Waals surface area contributed by atoms with Gasteiger partial charge in [0, 0.05) is 11.1 Å². The average Bonchev–Trinajstić information content (AvgIpc) is 2.31. The Balaban J connectivity index is 2.48. The summed E-state index contributed by atoms with van der Waals surface area (Å²) in [5, 5.41) is 4.19. The maximum atomic E-state index is 5.98. The highest BCUT2D eigenvalue weighted by Gasteiger charge is 2.11. The van der Waals surface area contributed by atoms with Crippen molar-refractivity contribution in [2.45, 2.75) is 52.7 Å². The number of hydrogen-bond acceptors (Lipinski definition) is 2. The molecule has 1 rings (SSSR count). The van der Waals surface area contributed by atoms with Crippen molar-refractivity contribution in [1.82, 2.24) is 5.32 Å². The standard InChI is InChI=1S/C15H24ClNO/c1-5-8-17-12(3)9-13(4)18-15-10-14(16)7-6-11(15)2/h6-7,10,12-13,17H,5,8-9H2,1-4H3. The quantitative estimate of drug-likeness (QED) is 0.801. The van der Waals surface area contributed by atoms with Crippen LogP contribution >= 0.6 is 11.6 Å². The number of ether oxygens (including phenoxy) is 1. The zero-order valence-electron chi connectivity index (χ0n) is 11.8. The molecule has 102 valence electrons. The Hall–Kier alpha value is -0.730. The van der Waals surface area contributed by atoms with E-state index in [1.807, 2.05) is 25.1 Å². The molecular formula is C15H24ClNO. The van der Waals surface area contributed by atoms with E-state index in [1.165, 1.54) is 0 Å². The zero-order chi connectivity index (χ0) is 13.5. The molecule has 0 spiro atoms. The Labute approximate surface area is 116 Å². The molecule has 0 aliphatic carbocycles. The lowest BCUT2D eigenvalue weighted by atomic mass is 10.1. The molecule has 0 aromatic heterocycles. The minimum absolute atomic E-state index is 0.182. The summed E-state index contributed by atoms with van der Waals surface area (Å²) in [7, 11) is 0. The van der Waals surface area contributed by atoms with Crippen LogP contribution < -0.4 is 10.1 Å². The third kappa shape index (κ3) is 5.28. The fourth-order valence-electron chi connectivity index (χ4n) is 1.94. The molecule has 1 N–H and O–H groups in total. The first-order valence-corrected chi connectivity index (χ1v) is 7.07. The second-order valence-electron chi connectivity index (χ2n) is 4.93. The van der Waals surface area contributed by atoms with E-state index in [2.05, 4.69) is 26.1 Å². The van der Waals surface area contributed by atoms with Crippen LogP contribution in [0.3, 0.4) is 0 Å². The summed E-state index contributed by atoms with van der Waals surface area (Å²) in [6.07, 6.45) is 2.33. The highest BCUT2D eigenvalue weighted by molar-refractivity contribution is 6.30. The lowest BCUT2D eigenvalue weighted by molar-refractivity contribution is 0.195. The van der Waals surface area contributed by atoms with Crippen molar-refractivity contribution in [3.63, 3.8) is 0 Å². The Morgan fingerprint density at radius 2 is 2.06 bits per heavy atom. The lowest BCUT2D eigenvalue weighted by Crippen LogP contribution is -2.31. The van der Waals surface area contributed by atoms with Gasteiger partial charge < -0.3 is 10.1 Å². The van der Waals surface area contributed by atoms with Crippen molar-refractivity contribution in [2.24, 2.45) is 0 Å². The van der Waals surface area contributed by atoms with Gasteiger partial charge in [0.2, 0.25) is 0 Å². The number of halogens is 1. The molecule has 0 saturated carbocycles. The van der Waals surface area contributed by atoms with Crippen LogP contribution in [0.4, 0.5) is 0 Å². The molecule has 0 amide bonds. The third-order valence-corrected chi connectivity index (χ3v) is 3.14. The van der Waals surface area contributed by atoms with Crippen LogP contribution in [0.15, 0.2) is 18.2 Å². The van der Waals surface area contributed by atoms with Gasteiger partial charge in [-0.05, 0) is 57.9 Å². The summed E-state index contributed by atoms with van der Waals surface area (Å²) in [5.74, 6) is 0.887. The van der Waals surface area contributed by atoms with Gasteiger partial charge in [-0.25, -0.2) is 0 Å². The van der Waals surface area contributed by atoms with Crippen LogP contribution in [-0.4, -0.2) is 18.7 Å². The predicted octanol–water partition coefficient (Wildman–Crippen LogP) is 4.19. The van der Waals surface area contributed by atoms with E-state index in [-0.39, 0.29) is 6.10 Å². The second-order valence-corrected chi connectivity index (χ2v) is 5.37. The van der Waals surface area contributed by atoms with E-state index in [4.69, 9.17) is 16.3 Å². The Morgan fingerprint density at radius 3 is 2.72 bits per heavy atom. The van der Waals surface area contributed by atoms with Crippen molar-refractivity contribution < 1.29 is 4.74 Å². The fraction of sp³-hybridized carbons (Fsp3) is 0.600. The molecule has 3 heteroatoms. The molecule has 2 atom stereocenters. The maximum absolute atomic E-state index is 5.98. The van der Waals surface area contributed by atoms with Crippen LogP contribution in [0.1, 0.15) is 39.2 Å². The first kappa shape index (κ1) is 15.3. The average molecular weight is 270 g/mol. The molecule has 2 nitrogen and oxygen atoms in total. The topological polar surface area (TPSA) is 21.3 Å². The number of benzene rings is 1. The lowest BCUT2D eigenvalue weighted by Gasteiger charge is -2.21. The largest absolute Gasteiger partial charge is 0.490 e. The number of nitrogens with one attached hydrogen (secondary N) is 1. The first-order chi connectivity index (χ1) is 8.52. The van der Waals surface area contributed by atoms with Crippen LogP contribution in [0.25, 0.3) is 0 Å². The van der Waals surface area contributed by atoms with Gasteiger partial charge in [0.05, 0.1) is 6.10 Å². The van der Waals surface area contributed by atoms with E-state index in [0.29, 0.717) is 6.04 Å². The van der Waals surface area contributed by atoms with Crippen LogP contribution in [0, 0.1) is 6.92 Å². The minimum Gasteiger partial charge on any atom is -0.490 e. The van der Waals surface area contributed by atoms with E-state index in [1.54, 1.807) is 0 Å². The number of rotatable bonds is 7. The highest BCUT2D eigenvalue weighted by Crippen LogP contribution is 2.24. The van der Waals surface area contributed by atoms with Crippen molar-refractivity contribution in [3.05, 3.63) is 28.8 Å². The molecule has 0 bridgehead atoms. The van der Waals surface area contributed by atoms with Gasteiger partial charge in [0.1, 0.15) is 5.75 Å². The SMILES string of the molecule is CCCNC(C)CC(C)Oc1cc(Cl)ccc1C. The predicted molar refractivity (Wildman–Crippen MR) is 78.7 cm³/mol. The van der Waals surface area contributed by atoms with Crippen LogP contribution in [0.2, 0.25) is 5.02 Å². The van der Waals surface area contributed by atoms with Crippen molar-refractivity contribution in [1.29, 1.82) is 0 Å². The molecule has 0 saturated heterocycles. The monoisotopic (exact) mass is 269 g/mol. The minimum atomic E-state index is 0.182. The second kappa shape index (κ2) is 7.65. The molecule has 0 radical (unpaired) electrons. The van der Waals surface area contributed by atoms with Crippen molar-refractivity contribution in [3.8, 4) is 5.75 Å². The normalized spacial score (nSPS) is 14.3. The van der Waals surface area contributed by atoms with E-state index < -0.39 is 0 Å². The Morgan fingerprint density at radius 1 is 1.33 bits per heavy atom. The smallest absolute Gasteiger partial charge is 0.124 e. The molecule has 0 heterocycles. The Kier molecular flexibility index (Phi) is 6.51. The number of aryl methyl sites for hydroxylation is 1. The molecule has 0 fully saturated rings. The van der Waals surface area contributed by atoms with Gasteiger partial charge in [0.15, 0.2) is 0 Å². The molecule has 0 aliphatic rings. The highest BCUT2D eigenvalue weighted by atomic mass is 35.5. The molecule has 1 aromatic rings. The maximum Gasteiger partial charge on any atom is 0.124 e. The van der Waals surface area contributed by atoms with Crippen LogP contribution in [-0.2, 0) is 0 Å². The third-order valence-electron chi connectivity index (χ3n) is 2.91. The molecule has 2 unspecified atom stereocenters. The van der Waals surface area contributed by atoms with Crippen LogP contribution in [0.5, 0.6) is 5.75 Å². The van der Waals surface area contributed by atoms with Gasteiger partial charge in [-0.2, -0.15) is 0 Å². The molecule has 0 aliphatic heterocycles. The van der Waals surface area contributed by atoms with Gasteiger partial charge in [-0.1, -0.05) is 24.6 Å². The van der Waals surface area contributed by atoms with Gasteiger partial charge in [-0.3, -0.25) is 0 Å². The summed E-state index contributed by atoms with van der Waals surface area (Å²) in [6.45, 7) is 9.57. The van der Waals surface area contributed by atoms with Crippen molar-refractivity contribution in [2.75, 3.05) is 6.54 Å². The van der Waals surface area contributed by atoms with E-state index in [0.717, 1.165) is 35.7 Å². The number of hydrogen-bond donors (Lipinski definition) is 1. The summed E-state index contributed by atoms with van der Waals surface area (Å²) in [4.78, 5) is 0. The van der Waals surface area contributed by atoms with Gasteiger partial charge >= 0.3 is 0 Å². The summed E-state index contributed by atoms with van der Waals surface area (Å²) in [5.41, 5.74) is 1.13. The molecule has 18 heavy (non-hydrogen) atoms. The molecule has 1 aromatic carbocycles.